The van der Waals surface area contributed by atoms with Crippen molar-refractivity contribution in [2.24, 2.45) is 0 Å². The maximum atomic E-state index is 13.3. The van der Waals surface area contributed by atoms with E-state index in [2.05, 4.69) is 0 Å². The Morgan fingerprint density at radius 3 is 2.19 bits per heavy atom. The molecule has 5 heteroatoms. The number of nitrogens with zero attached hydrogens (tertiary/aromatic N) is 2. The second-order valence-electron chi connectivity index (χ2n) is 6.41. The van der Waals surface area contributed by atoms with E-state index in [9.17, 15) is 10.1 Å². The minimum atomic E-state index is 0.364. The van der Waals surface area contributed by atoms with Crippen molar-refractivity contribution in [3.8, 4) is 28.3 Å². The highest BCUT2D eigenvalue weighted by atomic mass is 16.5. The summed E-state index contributed by atoms with van der Waals surface area (Å²) >= 11 is 0. The van der Waals surface area contributed by atoms with Crippen LogP contribution in [0.1, 0.15) is 31.7 Å². The lowest BCUT2D eigenvalue weighted by Gasteiger charge is -2.20. The van der Waals surface area contributed by atoms with Crippen molar-refractivity contribution in [3.05, 3.63) is 76.1 Å². The van der Waals surface area contributed by atoms with Gasteiger partial charge in [0.05, 0.1) is 33.5 Å². The molecule has 0 radical (unpaired) electrons. The van der Waals surface area contributed by atoms with Gasteiger partial charge in [0.15, 0.2) is 0 Å². The lowest BCUT2D eigenvalue weighted by atomic mass is 10.0. The topological polar surface area (TPSA) is 60.2 Å². The third kappa shape index (κ3) is 3.58. The lowest BCUT2D eigenvalue weighted by molar-refractivity contribution is -0.471. The van der Waals surface area contributed by atoms with E-state index in [1.54, 1.807) is 6.92 Å². The molecule has 0 aliphatic heterocycles. The van der Waals surface area contributed by atoms with E-state index in [1.807, 2.05) is 68.4 Å². The molecular formula is C22H24N2O3. The second-order valence-corrected chi connectivity index (χ2v) is 6.41. The van der Waals surface area contributed by atoms with Gasteiger partial charge in [0, 0.05) is 4.91 Å². The van der Waals surface area contributed by atoms with Crippen molar-refractivity contribution in [1.29, 1.82) is 0 Å². The molecule has 3 rings (SSSR count). The van der Waals surface area contributed by atoms with Crippen molar-refractivity contribution in [3.63, 3.8) is 0 Å². The largest absolute Gasteiger partial charge is 0.805 e. The third-order valence-corrected chi connectivity index (χ3v) is 4.55. The van der Waals surface area contributed by atoms with Gasteiger partial charge in [-0.1, -0.05) is 32.0 Å². The van der Waals surface area contributed by atoms with Gasteiger partial charge in [0.25, 0.3) is 11.4 Å². The zero-order chi connectivity index (χ0) is 19.4. The van der Waals surface area contributed by atoms with Crippen LogP contribution in [0.25, 0.3) is 22.5 Å². The zero-order valence-electron chi connectivity index (χ0n) is 15.9. The highest BCUT2D eigenvalue weighted by molar-refractivity contribution is 5.65. The molecule has 0 aliphatic carbocycles. The number of hydrogen-bond donors (Lipinski definition) is 0. The quantitative estimate of drug-likeness (QED) is 0.594. The Kier molecular flexibility index (Phi) is 5.60. The van der Waals surface area contributed by atoms with Gasteiger partial charge in [-0.25, -0.2) is 0 Å². The smallest absolute Gasteiger partial charge is 0.289 e. The molecule has 0 aliphatic rings. The number of hydrogen-bond acceptors (Lipinski definition) is 3. The summed E-state index contributed by atoms with van der Waals surface area (Å²) in [5.41, 5.74) is 3.06. The van der Waals surface area contributed by atoms with Crippen LogP contribution in [0.2, 0.25) is 0 Å². The maximum Gasteiger partial charge on any atom is 0.289 e. The Labute approximate surface area is 159 Å². The predicted molar refractivity (Wildman–Crippen MR) is 107 cm³/mol. The van der Waals surface area contributed by atoms with Crippen LogP contribution in [0.15, 0.2) is 54.6 Å². The van der Waals surface area contributed by atoms with E-state index >= 15 is 0 Å². The Morgan fingerprint density at radius 1 is 0.963 bits per heavy atom. The van der Waals surface area contributed by atoms with Gasteiger partial charge < -0.3 is 14.7 Å². The third-order valence-electron chi connectivity index (χ3n) is 4.55. The molecule has 1 aromatic heterocycles. The molecular weight excluding hydrogens is 340 g/mol. The van der Waals surface area contributed by atoms with Gasteiger partial charge in [-0.2, -0.15) is 0 Å². The molecule has 3 aromatic rings. The Hall–Kier alpha value is -3.08. The average Bonchev–Trinajstić information content (AvgIpc) is 2.70. The number of rotatable bonds is 6. The van der Waals surface area contributed by atoms with Crippen molar-refractivity contribution in [2.75, 3.05) is 6.61 Å². The molecule has 0 fully saturated rings. The highest BCUT2D eigenvalue weighted by Crippen LogP contribution is 2.27. The van der Waals surface area contributed by atoms with Gasteiger partial charge in [-0.3, -0.25) is 0 Å². The van der Waals surface area contributed by atoms with Crippen molar-refractivity contribution < 1.29 is 9.16 Å². The molecule has 1 heterocycles. The fourth-order valence-corrected chi connectivity index (χ4v) is 3.22. The monoisotopic (exact) mass is 364 g/mol. The summed E-state index contributed by atoms with van der Waals surface area (Å²) in [5, 5.41) is 12.9. The standard InChI is InChI=1S/C22H24N2O3/c1-4-15-27-19-13-11-18(12-14-19)21-16(3)23(25)20(5-2)22(24(21)26)17-9-7-6-8-10-17/h6-14H,4-5,15H2,1-3H3. The molecule has 140 valence electrons. The first-order valence-corrected chi connectivity index (χ1v) is 9.25. The van der Waals surface area contributed by atoms with Gasteiger partial charge >= 0.3 is 0 Å². The van der Waals surface area contributed by atoms with E-state index in [0.29, 0.717) is 41.4 Å². The summed E-state index contributed by atoms with van der Waals surface area (Å²) in [7, 11) is 0. The minimum Gasteiger partial charge on any atom is -0.805 e. The first kappa shape index (κ1) is 18.7. The van der Waals surface area contributed by atoms with E-state index in [1.165, 1.54) is 0 Å². The lowest BCUT2D eigenvalue weighted by Crippen LogP contribution is -2.28. The van der Waals surface area contributed by atoms with Gasteiger partial charge in [-0.05, 0) is 56.2 Å². The van der Waals surface area contributed by atoms with Crippen LogP contribution < -0.4 is 9.16 Å². The molecule has 0 unspecified atom stereocenters. The van der Waals surface area contributed by atoms with Crippen LogP contribution in [0.4, 0.5) is 0 Å². The second kappa shape index (κ2) is 8.08. The van der Waals surface area contributed by atoms with E-state index < -0.39 is 0 Å². The molecule has 27 heavy (non-hydrogen) atoms. The van der Waals surface area contributed by atoms with Crippen LogP contribution in [-0.4, -0.2) is 11.3 Å². The molecule has 0 saturated heterocycles. The molecule has 0 N–H and O–H groups in total. The molecule has 0 atom stereocenters. The number of aromatic nitrogens is 2. The van der Waals surface area contributed by atoms with E-state index in [-0.39, 0.29) is 0 Å². The minimum absolute atomic E-state index is 0.364. The summed E-state index contributed by atoms with van der Waals surface area (Å²) in [6, 6.07) is 16.6. The van der Waals surface area contributed by atoms with Gasteiger partial charge in [0.1, 0.15) is 5.75 Å². The van der Waals surface area contributed by atoms with Gasteiger partial charge in [-0.15, -0.1) is 0 Å². The van der Waals surface area contributed by atoms with Gasteiger partial charge in [0.2, 0.25) is 0 Å². The molecule has 2 aromatic carbocycles. The number of benzene rings is 2. The summed E-state index contributed by atoms with van der Waals surface area (Å²) in [5.74, 6) is 0.749. The van der Waals surface area contributed by atoms with Crippen LogP contribution in [0.5, 0.6) is 5.75 Å². The Bertz CT molecular complexity index is 977. The molecule has 0 amide bonds. The Morgan fingerprint density at radius 2 is 1.59 bits per heavy atom. The molecule has 0 bridgehead atoms. The first-order valence-electron chi connectivity index (χ1n) is 9.25. The van der Waals surface area contributed by atoms with Crippen LogP contribution in [-0.2, 0) is 6.42 Å². The highest BCUT2D eigenvalue weighted by Gasteiger charge is 2.27. The summed E-state index contributed by atoms with van der Waals surface area (Å²) < 4.78 is 7.38. The number of ether oxygens (including phenoxy) is 1. The average molecular weight is 364 g/mol. The SMILES string of the molecule is CCCOc1ccc(-c2c(C)n([O-])c(CC)c(-c3ccccc3)[n+]2=O)cc1. The van der Waals surface area contributed by atoms with E-state index in [4.69, 9.17) is 4.74 Å². The van der Waals surface area contributed by atoms with Crippen molar-refractivity contribution in [2.45, 2.75) is 33.6 Å². The van der Waals surface area contributed by atoms with Crippen LogP contribution in [0, 0.1) is 17.0 Å². The predicted octanol–water partition coefficient (Wildman–Crippen LogP) is 4.74. The summed E-state index contributed by atoms with van der Waals surface area (Å²) in [4.78, 5) is 13.3. The summed E-state index contributed by atoms with van der Waals surface area (Å²) in [6.45, 7) is 6.26. The molecule has 5 nitrogen and oxygen atoms in total. The van der Waals surface area contributed by atoms with Crippen molar-refractivity contribution >= 4 is 0 Å². The molecule has 0 saturated carbocycles. The molecule has 0 spiro atoms. The summed E-state index contributed by atoms with van der Waals surface area (Å²) in [6.07, 6.45) is 1.40. The Balaban J connectivity index is 2.19. The fourth-order valence-electron chi connectivity index (χ4n) is 3.22. The van der Waals surface area contributed by atoms with Crippen LogP contribution in [0.3, 0.4) is 0 Å². The zero-order valence-corrected chi connectivity index (χ0v) is 15.9. The fraction of sp³-hybridized carbons (Fsp3) is 0.273. The first-order chi connectivity index (χ1) is 13.1. The van der Waals surface area contributed by atoms with Crippen molar-refractivity contribution in [1.82, 2.24) is 4.73 Å². The normalized spacial score (nSPS) is 10.8. The maximum absolute atomic E-state index is 13.3. The van der Waals surface area contributed by atoms with E-state index in [0.717, 1.165) is 26.9 Å². The van der Waals surface area contributed by atoms with Crippen LogP contribution >= 0.6 is 0 Å².